The quantitative estimate of drug-likeness (QED) is 0.421. The van der Waals surface area contributed by atoms with Gasteiger partial charge in [0.25, 0.3) is 0 Å². The molecule has 2 rings (SSSR count). The molecule has 30 heavy (non-hydrogen) atoms. The van der Waals surface area contributed by atoms with Crippen molar-refractivity contribution in [2.24, 2.45) is 4.99 Å². The second kappa shape index (κ2) is 10.3. The minimum atomic E-state index is -2.96. The van der Waals surface area contributed by atoms with Crippen LogP contribution in [0.5, 0.6) is 11.5 Å². The van der Waals surface area contributed by atoms with Crippen LogP contribution in [0.1, 0.15) is 36.5 Å². The Morgan fingerprint density at radius 1 is 1.27 bits per heavy atom. The fraction of sp³-hybridized carbons (Fsp3) is 0.476. The summed E-state index contributed by atoms with van der Waals surface area (Å²) in [6.45, 7) is 5.08. The number of furan rings is 1. The van der Waals surface area contributed by atoms with Crippen LogP contribution < -0.4 is 20.1 Å². The molecule has 3 N–H and O–H groups in total. The van der Waals surface area contributed by atoms with E-state index in [2.05, 4.69) is 20.4 Å². The van der Waals surface area contributed by atoms with E-state index in [-0.39, 0.29) is 18.8 Å². The van der Waals surface area contributed by atoms with Crippen molar-refractivity contribution in [1.29, 1.82) is 0 Å². The lowest BCUT2D eigenvalue weighted by molar-refractivity contribution is -0.0505. The number of halogens is 2. The summed E-state index contributed by atoms with van der Waals surface area (Å²) in [4.78, 5) is 4.43. The number of aliphatic hydroxyl groups is 1. The first-order valence-corrected chi connectivity index (χ1v) is 9.60. The van der Waals surface area contributed by atoms with Crippen molar-refractivity contribution < 1.29 is 27.8 Å². The van der Waals surface area contributed by atoms with Gasteiger partial charge in [-0.05, 0) is 45.9 Å². The number of aryl methyl sites for hydroxylation is 2. The molecule has 0 fully saturated rings. The number of nitrogens with one attached hydrogen (secondary N) is 2. The minimum absolute atomic E-state index is 0.000409. The highest BCUT2D eigenvalue weighted by atomic mass is 19.3. The van der Waals surface area contributed by atoms with Gasteiger partial charge in [0.1, 0.15) is 28.6 Å². The SMILES string of the molecule is CCNC(=NCc1ccc(OC)cc1OC(F)F)NCC(C)(O)c1cc(C)oc1C. The largest absolute Gasteiger partial charge is 0.497 e. The molecule has 0 aliphatic carbocycles. The average Bonchev–Trinajstić information content (AvgIpc) is 3.03. The molecule has 1 aromatic heterocycles. The maximum atomic E-state index is 12.7. The van der Waals surface area contributed by atoms with Crippen molar-refractivity contribution in [3.63, 3.8) is 0 Å². The Morgan fingerprint density at radius 3 is 2.57 bits per heavy atom. The van der Waals surface area contributed by atoms with Gasteiger partial charge in [-0.2, -0.15) is 8.78 Å². The van der Waals surface area contributed by atoms with Crippen molar-refractivity contribution in [2.75, 3.05) is 20.2 Å². The lowest BCUT2D eigenvalue weighted by atomic mass is 9.96. The lowest BCUT2D eigenvalue weighted by Crippen LogP contribution is -2.44. The first kappa shape index (κ1) is 23.5. The van der Waals surface area contributed by atoms with Gasteiger partial charge in [0.15, 0.2) is 5.96 Å². The van der Waals surface area contributed by atoms with Crippen molar-refractivity contribution in [3.8, 4) is 11.5 Å². The van der Waals surface area contributed by atoms with Gasteiger partial charge >= 0.3 is 6.61 Å². The van der Waals surface area contributed by atoms with E-state index in [9.17, 15) is 13.9 Å². The lowest BCUT2D eigenvalue weighted by Gasteiger charge is -2.24. The van der Waals surface area contributed by atoms with Crippen LogP contribution in [0.25, 0.3) is 0 Å². The van der Waals surface area contributed by atoms with Crippen molar-refractivity contribution in [3.05, 3.63) is 46.9 Å². The van der Waals surface area contributed by atoms with Gasteiger partial charge in [-0.1, -0.05) is 0 Å². The molecule has 0 aliphatic heterocycles. The van der Waals surface area contributed by atoms with Crippen molar-refractivity contribution in [1.82, 2.24) is 10.6 Å². The molecule has 0 amide bonds. The molecule has 1 unspecified atom stereocenters. The van der Waals surface area contributed by atoms with E-state index in [0.717, 1.165) is 5.76 Å². The van der Waals surface area contributed by atoms with Gasteiger partial charge in [-0.25, -0.2) is 4.99 Å². The van der Waals surface area contributed by atoms with Crippen LogP contribution in [0.15, 0.2) is 33.7 Å². The Bertz CT molecular complexity index is 866. The number of benzene rings is 1. The molecule has 1 aromatic carbocycles. The van der Waals surface area contributed by atoms with Crippen LogP contribution in [-0.2, 0) is 12.1 Å². The third kappa shape index (κ3) is 6.35. The van der Waals surface area contributed by atoms with E-state index in [1.54, 1.807) is 32.0 Å². The summed E-state index contributed by atoms with van der Waals surface area (Å²) in [5.74, 6) is 2.20. The van der Waals surface area contributed by atoms with E-state index in [1.807, 2.05) is 13.8 Å². The number of hydrogen-bond donors (Lipinski definition) is 3. The van der Waals surface area contributed by atoms with E-state index in [0.29, 0.717) is 35.1 Å². The van der Waals surface area contributed by atoms with E-state index in [1.165, 1.54) is 13.2 Å². The minimum Gasteiger partial charge on any atom is -0.497 e. The highest BCUT2D eigenvalue weighted by molar-refractivity contribution is 5.79. The molecule has 1 heterocycles. The normalized spacial score (nSPS) is 13.8. The van der Waals surface area contributed by atoms with Crippen LogP contribution in [0, 0.1) is 13.8 Å². The van der Waals surface area contributed by atoms with Crippen molar-refractivity contribution >= 4 is 5.96 Å². The van der Waals surface area contributed by atoms with Gasteiger partial charge in [0, 0.05) is 23.7 Å². The van der Waals surface area contributed by atoms with E-state index >= 15 is 0 Å². The smallest absolute Gasteiger partial charge is 0.387 e. The molecule has 166 valence electrons. The molecule has 0 bridgehead atoms. The van der Waals surface area contributed by atoms with Crippen LogP contribution >= 0.6 is 0 Å². The number of nitrogens with zero attached hydrogens (tertiary/aromatic N) is 1. The maximum Gasteiger partial charge on any atom is 0.387 e. The zero-order valence-electron chi connectivity index (χ0n) is 17.9. The topological polar surface area (TPSA) is 88.3 Å². The Labute approximate surface area is 175 Å². The van der Waals surface area contributed by atoms with Crippen LogP contribution in [0.2, 0.25) is 0 Å². The maximum absolute atomic E-state index is 12.7. The Morgan fingerprint density at radius 2 is 2.00 bits per heavy atom. The number of guanidine groups is 1. The van der Waals surface area contributed by atoms with Gasteiger partial charge in [0.05, 0.1) is 20.2 Å². The first-order valence-electron chi connectivity index (χ1n) is 9.60. The summed E-state index contributed by atoms with van der Waals surface area (Å²) >= 11 is 0. The number of aliphatic imine (C=N–C) groups is 1. The molecule has 2 aromatic rings. The van der Waals surface area contributed by atoms with Crippen LogP contribution in [0.4, 0.5) is 8.78 Å². The Kier molecular flexibility index (Phi) is 8.05. The van der Waals surface area contributed by atoms with Crippen molar-refractivity contribution in [2.45, 2.75) is 46.5 Å². The predicted octanol–water partition coefficient (Wildman–Crippen LogP) is 3.47. The average molecular weight is 425 g/mol. The molecule has 1 atom stereocenters. The number of hydrogen-bond acceptors (Lipinski definition) is 5. The van der Waals surface area contributed by atoms with Crippen LogP contribution in [0.3, 0.4) is 0 Å². The van der Waals surface area contributed by atoms with Gasteiger partial charge < -0.3 is 29.6 Å². The first-order chi connectivity index (χ1) is 14.2. The molecule has 0 saturated carbocycles. The summed E-state index contributed by atoms with van der Waals surface area (Å²) in [5.41, 5.74) is -0.0327. The third-order valence-electron chi connectivity index (χ3n) is 4.46. The van der Waals surface area contributed by atoms with Gasteiger partial charge in [0.2, 0.25) is 0 Å². The number of rotatable bonds is 9. The highest BCUT2D eigenvalue weighted by Gasteiger charge is 2.28. The Hall–Kier alpha value is -2.81. The number of alkyl halides is 2. The number of methoxy groups -OCH3 is 1. The molecule has 9 heteroatoms. The monoisotopic (exact) mass is 425 g/mol. The summed E-state index contributed by atoms with van der Waals surface area (Å²) in [5, 5.41) is 17.0. The molecule has 0 aliphatic rings. The fourth-order valence-corrected chi connectivity index (χ4v) is 3.02. The summed E-state index contributed by atoms with van der Waals surface area (Å²) < 4.78 is 40.7. The second-order valence-corrected chi connectivity index (χ2v) is 7.00. The molecular formula is C21H29F2N3O4. The number of ether oxygens (including phenoxy) is 2. The highest BCUT2D eigenvalue weighted by Crippen LogP contribution is 2.28. The van der Waals surface area contributed by atoms with Gasteiger partial charge in [-0.15, -0.1) is 0 Å². The molecule has 0 radical (unpaired) electrons. The van der Waals surface area contributed by atoms with Gasteiger partial charge in [-0.3, -0.25) is 0 Å². The summed E-state index contributed by atoms with van der Waals surface area (Å²) in [6, 6.07) is 6.47. The Balaban J connectivity index is 2.15. The molecule has 0 spiro atoms. The standard InChI is InChI=1S/C21H29F2N3O4/c1-6-24-20(26-12-21(4,27)17-9-13(2)29-14(17)3)25-11-15-7-8-16(28-5)10-18(15)30-19(22)23/h7-10,19,27H,6,11-12H2,1-5H3,(H2,24,25,26). The van der Waals surface area contributed by atoms with E-state index in [4.69, 9.17) is 9.15 Å². The molecular weight excluding hydrogens is 396 g/mol. The summed E-state index contributed by atoms with van der Waals surface area (Å²) in [7, 11) is 1.45. The second-order valence-electron chi connectivity index (χ2n) is 7.00. The van der Waals surface area contributed by atoms with Crippen LogP contribution in [-0.4, -0.2) is 37.9 Å². The third-order valence-corrected chi connectivity index (χ3v) is 4.46. The molecule has 7 nitrogen and oxygen atoms in total. The zero-order chi connectivity index (χ0) is 22.3. The predicted molar refractivity (Wildman–Crippen MR) is 110 cm³/mol. The fourth-order valence-electron chi connectivity index (χ4n) is 3.02. The van der Waals surface area contributed by atoms with E-state index < -0.39 is 12.2 Å². The molecule has 0 saturated heterocycles. The zero-order valence-corrected chi connectivity index (χ0v) is 17.9. The summed E-state index contributed by atoms with van der Waals surface area (Å²) in [6.07, 6.45) is 0.